The average molecular weight is 415 g/mol. The lowest BCUT2D eigenvalue weighted by Gasteiger charge is -2.18. The topological polar surface area (TPSA) is 67.2 Å². The first-order valence-electron chi connectivity index (χ1n) is 9.69. The molecule has 0 aliphatic carbocycles. The molecule has 0 bridgehead atoms. The van der Waals surface area contributed by atoms with E-state index in [1.165, 1.54) is 40.2 Å². The SMILES string of the molecule is Cc1sc2nc(CN3CCCC3)n(CC(=O)Nc3ccc(F)cc3)c(=O)c2c1C. The van der Waals surface area contributed by atoms with E-state index in [1.807, 2.05) is 13.8 Å². The van der Waals surface area contributed by atoms with Gasteiger partial charge in [-0.1, -0.05) is 0 Å². The summed E-state index contributed by atoms with van der Waals surface area (Å²) in [6.45, 7) is 6.26. The molecule has 1 aliphatic heterocycles. The lowest BCUT2D eigenvalue weighted by atomic mass is 10.2. The zero-order valence-corrected chi connectivity index (χ0v) is 17.3. The second kappa shape index (κ2) is 8.04. The van der Waals surface area contributed by atoms with Crippen LogP contribution in [0.25, 0.3) is 10.2 Å². The maximum Gasteiger partial charge on any atom is 0.263 e. The lowest BCUT2D eigenvalue weighted by Crippen LogP contribution is -2.33. The number of hydrogen-bond donors (Lipinski definition) is 1. The number of carbonyl (C=O) groups excluding carboxylic acids is 1. The Morgan fingerprint density at radius 1 is 1.21 bits per heavy atom. The van der Waals surface area contributed by atoms with E-state index in [1.54, 1.807) is 0 Å². The molecule has 1 N–H and O–H groups in total. The summed E-state index contributed by atoms with van der Waals surface area (Å²) in [7, 11) is 0. The highest BCUT2D eigenvalue weighted by atomic mass is 32.1. The summed E-state index contributed by atoms with van der Waals surface area (Å²) in [5, 5.41) is 3.32. The Balaban J connectivity index is 1.68. The third-order valence-corrected chi connectivity index (χ3v) is 6.46. The fourth-order valence-electron chi connectivity index (χ4n) is 3.67. The largest absolute Gasteiger partial charge is 0.325 e. The van der Waals surface area contributed by atoms with Crippen LogP contribution in [0.3, 0.4) is 0 Å². The fraction of sp³-hybridized carbons (Fsp3) is 0.381. The van der Waals surface area contributed by atoms with Gasteiger partial charge in [-0.25, -0.2) is 9.37 Å². The first kappa shape index (κ1) is 19.7. The third kappa shape index (κ3) is 4.09. The van der Waals surface area contributed by atoms with Crippen molar-refractivity contribution in [2.75, 3.05) is 18.4 Å². The van der Waals surface area contributed by atoms with Crippen LogP contribution in [0.1, 0.15) is 29.1 Å². The molecule has 4 rings (SSSR count). The Labute approximate surface area is 172 Å². The summed E-state index contributed by atoms with van der Waals surface area (Å²) in [5.41, 5.74) is 1.23. The monoisotopic (exact) mass is 414 g/mol. The molecule has 3 aromatic rings. The zero-order valence-electron chi connectivity index (χ0n) is 16.5. The van der Waals surface area contributed by atoms with Crippen molar-refractivity contribution in [3.63, 3.8) is 0 Å². The normalized spacial score (nSPS) is 14.6. The number of halogens is 1. The van der Waals surface area contributed by atoms with Crippen molar-refractivity contribution in [1.82, 2.24) is 14.5 Å². The van der Waals surface area contributed by atoms with Crippen LogP contribution in [0.15, 0.2) is 29.1 Å². The number of aryl methyl sites for hydroxylation is 2. The van der Waals surface area contributed by atoms with E-state index in [0.717, 1.165) is 41.2 Å². The summed E-state index contributed by atoms with van der Waals surface area (Å²) >= 11 is 1.52. The number of aromatic nitrogens is 2. The lowest BCUT2D eigenvalue weighted by molar-refractivity contribution is -0.116. The van der Waals surface area contributed by atoms with Gasteiger partial charge < -0.3 is 5.32 Å². The van der Waals surface area contributed by atoms with E-state index in [9.17, 15) is 14.0 Å². The minimum atomic E-state index is -0.370. The molecule has 0 saturated carbocycles. The van der Waals surface area contributed by atoms with Gasteiger partial charge in [0.15, 0.2) is 0 Å². The standard InChI is InChI=1S/C21H23FN4O2S/c1-13-14(2)29-20-19(13)21(28)26(17(24-20)11-25-9-3-4-10-25)12-18(27)23-16-7-5-15(22)6-8-16/h5-8H,3-4,9-12H2,1-2H3,(H,23,27). The number of thiophene rings is 1. The van der Waals surface area contributed by atoms with Crippen LogP contribution in [0.2, 0.25) is 0 Å². The molecule has 6 nitrogen and oxygen atoms in total. The number of amides is 1. The van der Waals surface area contributed by atoms with Crippen LogP contribution in [0.4, 0.5) is 10.1 Å². The number of benzene rings is 1. The highest BCUT2D eigenvalue weighted by molar-refractivity contribution is 7.18. The number of fused-ring (bicyclic) bond motifs is 1. The highest BCUT2D eigenvalue weighted by Gasteiger charge is 2.21. The molecule has 1 aliphatic rings. The molecule has 29 heavy (non-hydrogen) atoms. The first-order valence-corrected chi connectivity index (χ1v) is 10.5. The number of carbonyl (C=O) groups is 1. The van der Waals surface area contributed by atoms with Crippen LogP contribution in [0, 0.1) is 19.7 Å². The molecule has 2 aromatic heterocycles. The van der Waals surface area contributed by atoms with Crippen LogP contribution >= 0.6 is 11.3 Å². The smallest absolute Gasteiger partial charge is 0.263 e. The predicted molar refractivity (Wildman–Crippen MR) is 113 cm³/mol. The van der Waals surface area contributed by atoms with Crippen molar-refractivity contribution >= 4 is 33.1 Å². The molecule has 8 heteroatoms. The number of nitrogens with zero attached hydrogens (tertiary/aromatic N) is 3. The van der Waals surface area contributed by atoms with E-state index in [0.29, 0.717) is 23.4 Å². The molecule has 0 unspecified atom stereocenters. The Morgan fingerprint density at radius 2 is 1.90 bits per heavy atom. The van der Waals surface area contributed by atoms with Gasteiger partial charge in [-0.2, -0.15) is 0 Å². The van der Waals surface area contributed by atoms with Gasteiger partial charge in [-0.05, 0) is 69.6 Å². The average Bonchev–Trinajstić information content (AvgIpc) is 3.29. The second-order valence-corrected chi connectivity index (χ2v) is 8.62. The first-order chi connectivity index (χ1) is 13.9. The number of likely N-dealkylation sites (tertiary alicyclic amines) is 1. The fourth-order valence-corrected chi connectivity index (χ4v) is 4.71. The number of hydrogen-bond acceptors (Lipinski definition) is 5. The van der Waals surface area contributed by atoms with Crippen LogP contribution < -0.4 is 10.9 Å². The van der Waals surface area contributed by atoms with Crippen molar-refractivity contribution in [3.8, 4) is 0 Å². The zero-order chi connectivity index (χ0) is 20.5. The maximum absolute atomic E-state index is 13.3. The Bertz CT molecular complexity index is 1110. The summed E-state index contributed by atoms with van der Waals surface area (Å²) < 4.78 is 14.6. The minimum Gasteiger partial charge on any atom is -0.325 e. The molecular formula is C21H23FN4O2S. The summed E-state index contributed by atoms with van der Waals surface area (Å²) in [6, 6.07) is 5.56. The quantitative estimate of drug-likeness (QED) is 0.694. The predicted octanol–water partition coefficient (Wildman–Crippen LogP) is 3.45. The van der Waals surface area contributed by atoms with Crippen molar-refractivity contribution in [1.29, 1.82) is 0 Å². The molecule has 1 aromatic carbocycles. The van der Waals surface area contributed by atoms with Gasteiger partial charge in [0, 0.05) is 10.6 Å². The van der Waals surface area contributed by atoms with Gasteiger partial charge in [0.1, 0.15) is 23.0 Å². The minimum absolute atomic E-state index is 0.128. The van der Waals surface area contributed by atoms with Gasteiger partial charge in [-0.3, -0.25) is 19.1 Å². The number of anilines is 1. The second-order valence-electron chi connectivity index (χ2n) is 7.42. The van der Waals surface area contributed by atoms with E-state index >= 15 is 0 Å². The molecule has 1 amide bonds. The van der Waals surface area contributed by atoms with Gasteiger partial charge in [0.25, 0.3) is 5.56 Å². The summed E-state index contributed by atoms with van der Waals surface area (Å²) in [5.74, 6) is -0.0999. The molecule has 1 fully saturated rings. The summed E-state index contributed by atoms with van der Waals surface area (Å²) in [4.78, 5) is 34.7. The molecule has 152 valence electrons. The molecular weight excluding hydrogens is 391 g/mol. The molecule has 0 atom stereocenters. The Kier molecular flexibility index (Phi) is 5.47. The molecule has 0 spiro atoms. The van der Waals surface area contributed by atoms with Crippen molar-refractivity contribution in [2.24, 2.45) is 0 Å². The van der Waals surface area contributed by atoms with Gasteiger partial charge >= 0.3 is 0 Å². The van der Waals surface area contributed by atoms with E-state index in [2.05, 4.69) is 10.2 Å². The Morgan fingerprint density at radius 3 is 2.59 bits per heavy atom. The van der Waals surface area contributed by atoms with Crippen molar-refractivity contribution in [2.45, 2.75) is 39.8 Å². The third-order valence-electron chi connectivity index (χ3n) is 5.36. The van der Waals surface area contributed by atoms with Crippen molar-refractivity contribution < 1.29 is 9.18 Å². The van der Waals surface area contributed by atoms with Crippen molar-refractivity contribution in [3.05, 3.63) is 56.7 Å². The van der Waals surface area contributed by atoms with E-state index in [-0.39, 0.29) is 23.8 Å². The van der Waals surface area contributed by atoms with Crippen LogP contribution in [-0.2, 0) is 17.9 Å². The highest BCUT2D eigenvalue weighted by Crippen LogP contribution is 2.26. The number of nitrogens with one attached hydrogen (secondary N) is 1. The van der Waals surface area contributed by atoms with Crippen LogP contribution in [-0.4, -0.2) is 33.4 Å². The van der Waals surface area contributed by atoms with Crippen LogP contribution in [0.5, 0.6) is 0 Å². The van der Waals surface area contributed by atoms with Gasteiger partial charge in [0.05, 0.1) is 11.9 Å². The van der Waals surface area contributed by atoms with E-state index in [4.69, 9.17) is 4.98 Å². The molecule has 0 radical (unpaired) electrons. The van der Waals surface area contributed by atoms with Gasteiger partial charge in [0.2, 0.25) is 5.91 Å². The Hall–Kier alpha value is -2.58. The van der Waals surface area contributed by atoms with Gasteiger partial charge in [-0.15, -0.1) is 11.3 Å². The maximum atomic E-state index is 13.3. The number of rotatable bonds is 5. The molecule has 3 heterocycles. The summed E-state index contributed by atoms with van der Waals surface area (Å²) in [6.07, 6.45) is 2.27. The van der Waals surface area contributed by atoms with E-state index < -0.39 is 0 Å². The molecule has 1 saturated heterocycles.